The molecule has 72 valence electrons. The van der Waals surface area contributed by atoms with Gasteiger partial charge in [0, 0.05) is 11.8 Å². The van der Waals surface area contributed by atoms with E-state index in [9.17, 15) is 9.18 Å². The molecule has 0 radical (unpaired) electrons. The van der Waals surface area contributed by atoms with Crippen LogP contribution >= 0.6 is 0 Å². The zero-order valence-corrected chi connectivity index (χ0v) is 7.45. The first-order valence-electron chi connectivity index (χ1n) is 3.78. The van der Waals surface area contributed by atoms with Crippen molar-refractivity contribution in [3.8, 4) is 6.07 Å². The monoisotopic (exact) mass is 194 g/mol. The third-order valence-corrected chi connectivity index (χ3v) is 1.60. The van der Waals surface area contributed by atoms with E-state index in [-0.39, 0.29) is 17.5 Å². The molecule has 0 aliphatic carbocycles. The molecule has 0 atom stereocenters. The Hall–Kier alpha value is -1.96. The van der Waals surface area contributed by atoms with E-state index < -0.39 is 11.9 Å². The minimum Gasteiger partial charge on any atom is -0.469 e. The number of carbonyl (C=O) groups excluding carboxylic acids is 1. The van der Waals surface area contributed by atoms with Gasteiger partial charge < -0.3 is 4.74 Å². The van der Waals surface area contributed by atoms with Crippen LogP contribution in [0.2, 0.25) is 0 Å². The Balaban J connectivity index is 2.96. The normalized spacial score (nSPS) is 9.21. The maximum absolute atomic E-state index is 13.0. The Morgan fingerprint density at radius 2 is 2.50 bits per heavy atom. The molecule has 4 nitrogen and oxygen atoms in total. The number of carbonyl (C=O) groups is 1. The number of ether oxygens (including phenoxy) is 1. The summed E-state index contributed by atoms with van der Waals surface area (Å²) in [5.41, 5.74) is 0.279. The minimum absolute atomic E-state index is 0.0656. The highest BCUT2D eigenvalue weighted by Gasteiger charge is 2.10. The van der Waals surface area contributed by atoms with Crippen LogP contribution in [0.3, 0.4) is 0 Å². The van der Waals surface area contributed by atoms with Gasteiger partial charge in [0.25, 0.3) is 0 Å². The number of nitrogens with zero attached hydrogens (tertiary/aromatic N) is 2. The van der Waals surface area contributed by atoms with Crippen LogP contribution in [0.4, 0.5) is 4.39 Å². The first-order valence-corrected chi connectivity index (χ1v) is 3.78. The number of halogens is 1. The van der Waals surface area contributed by atoms with E-state index in [1.54, 1.807) is 6.07 Å². The van der Waals surface area contributed by atoms with Gasteiger partial charge in [0.1, 0.15) is 6.07 Å². The van der Waals surface area contributed by atoms with Crippen LogP contribution in [0, 0.1) is 17.3 Å². The first-order chi connectivity index (χ1) is 6.67. The van der Waals surface area contributed by atoms with Crippen molar-refractivity contribution >= 4 is 5.97 Å². The fourth-order valence-electron chi connectivity index (χ4n) is 0.906. The third kappa shape index (κ3) is 2.26. The summed E-state index contributed by atoms with van der Waals surface area (Å²) in [7, 11) is 1.21. The van der Waals surface area contributed by atoms with Gasteiger partial charge in [-0.05, 0) is 6.07 Å². The molecule has 0 aliphatic rings. The Kier molecular flexibility index (Phi) is 3.13. The van der Waals surface area contributed by atoms with Gasteiger partial charge in [-0.2, -0.15) is 9.65 Å². The second-order valence-electron chi connectivity index (χ2n) is 2.54. The number of hydrogen-bond acceptors (Lipinski definition) is 4. The third-order valence-electron chi connectivity index (χ3n) is 1.60. The highest BCUT2D eigenvalue weighted by Crippen LogP contribution is 2.08. The summed E-state index contributed by atoms with van der Waals surface area (Å²) >= 11 is 0. The molecule has 1 aromatic heterocycles. The molecular formula is C9H7FN2O2. The van der Waals surface area contributed by atoms with Gasteiger partial charge in [-0.15, -0.1) is 0 Å². The number of rotatable bonds is 2. The van der Waals surface area contributed by atoms with Crippen LogP contribution in [0.1, 0.15) is 11.1 Å². The van der Waals surface area contributed by atoms with Gasteiger partial charge >= 0.3 is 5.97 Å². The van der Waals surface area contributed by atoms with E-state index in [2.05, 4.69) is 9.72 Å². The SMILES string of the molecule is COC(=O)Cc1cc(C#N)cnc1F. The summed E-state index contributed by atoms with van der Waals surface area (Å²) in [6.07, 6.45) is 0.890. The Bertz CT molecular complexity index is 398. The fourth-order valence-corrected chi connectivity index (χ4v) is 0.906. The summed E-state index contributed by atoms with van der Waals surface area (Å²) in [6.45, 7) is 0. The minimum atomic E-state index is -0.755. The Morgan fingerprint density at radius 3 is 3.07 bits per heavy atom. The van der Waals surface area contributed by atoms with Crippen molar-refractivity contribution in [1.82, 2.24) is 4.98 Å². The summed E-state index contributed by atoms with van der Waals surface area (Å²) in [6, 6.07) is 3.08. The smallest absolute Gasteiger partial charge is 0.310 e. The standard InChI is InChI=1S/C9H7FN2O2/c1-14-8(13)3-7-2-6(4-11)5-12-9(7)10/h2,5H,3H2,1H3. The van der Waals surface area contributed by atoms with Crippen LogP contribution < -0.4 is 0 Å². The van der Waals surface area contributed by atoms with E-state index in [1.165, 1.54) is 13.2 Å². The van der Waals surface area contributed by atoms with Crippen LogP contribution in [-0.4, -0.2) is 18.1 Å². The number of pyridine rings is 1. The van der Waals surface area contributed by atoms with E-state index >= 15 is 0 Å². The number of aromatic nitrogens is 1. The zero-order chi connectivity index (χ0) is 10.6. The lowest BCUT2D eigenvalue weighted by atomic mass is 10.1. The van der Waals surface area contributed by atoms with Crippen molar-refractivity contribution < 1.29 is 13.9 Å². The molecule has 0 fully saturated rings. The average Bonchev–Trinajstić information content (AvgIpc) is 2.21. The molecule has 5 heteroatoms. The molecule has 14 heavy (non-hydrogen) atoms. The lowest BCUT2D eigenvalue weighted by Gasteiger charge is -2.00. The molecule has 0 aromatic carbocycles. The number of hydrogen-bond donors (Lipinski definition) is 0. The molecular weight excluding hydrogens is 187 g/mol. The van der Waals surface area contributed by atoms with Gasteiger partial charge in [-0.1, -0.05) is 0 Å². The van der Waals surface area contributed by atoms with Crippen LogP contribution in [0.25, 0.3) is 0 Å². The van der Waals surface area contributed by atoms with Crippen LogP contribution in [0.15, 0.2) is 12.3 Å². The fraction of sp³-hybridized carbons (Fsp3) is 0.222. The maximum atomic E-state index is 13.0. The molecule has 0 unspecified atom stereocenters. The van der Waals surface area contributed by atoms with Gasteiger partial charge in [0.2, 0.25) is 5.95 Å². The molecule has 0 bridgehead atoms. The summed E-state index contributed by atoms with van der Waals surface area (Å²) in [5, 5.41) is 8.52. The highest BCUT2D eigenvalue weighted by molar-refractivity contribution is 5.72. The van der Waals surface area contributed by atoms with Crippen molar-refractivity contribution in [2.75, 3.05) is 7.11 Å². The highest BCUT2D eigenvalue weighted by atomic mass is 19.1. The topological polar surface area (TPSA) is 63.0 Å². The van der Waals surface area contributed by atoms with E-state index in [1.807, 2.05) is 0 Å². The van der Waals surface area contributed by atoms with Gasteiger partial charge in [0.05, 0.1) is 19.1 Å². The summed E-state index contributed by atoms with van der Waals surface area (Å²) in [5.74, 6) is -1.32. The van der Waals surface area contributed by atoms with Crippen LogP contribution in [-0.2, 0) is 16.0 Å². The predicted octanol–water partition coefficient (Wildman–Crippen LogP) is 0.808. The van der Waals surface area contributed by atoms with E-state index in [0.717, 1.165) is 6.20 Å². The summed E-state index contributed by atoms with van der Waals surface area (Å²) < 4.78 is 17.3. The number of nitriles is 1. The zero-order valence-electron chi connectivity index (χ0n) is 7.45. The van der Waals surface area contributed by atoms with Gasteiger partial charge in [-0.25, -0.2) is 4.98 Å². The lowest BCUT2D eigenvalue weighted by molar-refractivity contribution is -0.139. The molecule has 0 amide bonds. The Morgan fingerprint density at radius 1 is 1.79 bits per heavy atom. The Labute approximate surface area is 79.9 Å². The molecule has 0 N–H and O–H groups in total. The van der Waals surface area contributed by atoms with Crippen molar-refractivity contribution in [1.29, 1.82) is 5.26 Å². The first kappa shape index (κ1) is 10.1. The summed E-state index contributed by atoms with van der Waals surface area (Å²) in [4.78, 5) is 14.2. The van der Waals surface area contributed by atoms with E-state index in [0.29, 0.717) is 0 Å². The average molecular weight is 194 g/mol. The molecule has 0 aliphatic heterocycles. The van der Waals surface area contributed by atoms with Gasteiger partial charge in [-0.3, -0.25) is 4.79 Å². The number of methoxy groups -OCH3 is 1. The second-order valence-corrected chi connectivity index (χ2v) is 2.54. The van der Waals surface area contributed by atoms with Crippen molar-refractivity contribution in [2.24, 2.45) is 0 Å². The molecule has 1 heterocycles. The molecule has 0 saturated heterocycles. The maximum Gasteiger partial charge on any atom is 0.310 e. The molecule has 1 rings (SSSR count). The van der Waals surface area contributed by atoms with Crippen molar-refractivity contribution in [2.45, 2.75) is 6.42 Å². The molecule has 1 aromatic rings. The van der Waals surface area contributed by atoms with Crippen LogP contribution in [0.5, 0.6) is 0 Å². The lowest BCUT2D eigenvalue weighted by Crippen LogP contribution is -2.07. The van der Waals surface area contributed by atoms with E-state index in [4.69, 9.17) is 5.26 Å². The van der Waals surface area contributed by atoms with Crippen molar-refractivity contribution in [3.05, 3.63) is 29.3 Å². The predicted molar refractivity (Wildman–Crippen MR) is 44.6 cm³/mol. The second kappa shape index (κ2) is 4.33. The quantitative estimate of drug-likeness (QED) is 0.516. The largest absolute Gasteiger partial charge is 0.469 e. The number of esters is 1. The molecule has 0 spiro atoms. The van der Waals surface area contributed by atoms with Gasteiger partial charge in [0.15, 0.2) is 0 Å². The molecule has 0 saturated carbocycles. The van der Waals surface area contributed by atoms with Crippen molar-refractivity contribution in [3.63, 3.8) is 0 Å².